The van der Waals surface area contributed by atoms with E-state index in [-0.39, 0.29) is 29.8 Å². The van der Waals surface area contributed by atoms with E-state index < -0.39 is 0 Å². The standard InChI is InChI=1S/C15H19N5O2/c21-11-8-10(13-16-6-7-17-13)12-14(18-11)20(19-15(12)22)9-4-2-1-3-5-9/h6-7,9-10H,1-5,8H2,(H,16,17)(H,18,21)(H,19,22)/t10-/m0/s1. The third-order valence-corrected chi connectivity index (χ3v) is 4.75. The van der Waals surface area contributed by atoms with Gasteiger partial charge in [-0.3, -0.25) is 19.4 Å². The summed E-state index contributed by atoms with van der Waals surface area (Å²) in [6.07, 6.45) is 9.26. The maximum absolute atomic E-state index is 12.5. The Morgan fingerprint density at radius 3 is 2.73 bits per heavy atom. The van der Waals surface area contributed by atoms with Gasteiger partial charge in [0.05, 0.1) is 17.5 Å². The molecule has 0 spiro atoms. The number of fused-ring (bicyclic) bond motifs is 1. The summed E-state index contributed by atoms with van der Waals surface area (Å²) in [4.78, 5) is 31.8. The topological polar surface area (TPSA) is 95.6 Å². The first kappa shape index (κ1) is 13.4. The number of nitrogens with zero attached hydrogens (tertiary/aromatic N) is 2. The molecule has 1 amide bonds. The largest absolute Gasteiger partial charge is 0.348 e. The van der Waals surface area contributed by atoms with Gasteiger partial charge in [-0.1, -0.05) is 19.3 Å². The van der Waals surface area contributed by atoms with E-state index in [1.165, 1.54) is 6.42 Å². The second-order valence-corrected chi connectivity index (χ2v) is 6.14. The van der Waals surface area contributed by atoms with Gasteiger partial charge < -0.3 is 10.3 Å². The van der Waals surface area contributed by atoms with Crippen molar-refractivity contribution < 1.29 is 4.79 Å². The van der Waals surface area contributed by atoms with Crippen molar-refractivity contribution in [3.05, 3.63) is 34.1 Å². The summed E-state index contributed by atoms with van der Waals surface area (Å²) in [6, 6.07) is 0.265. The minimum Gasteiger partial charge on any atom is -0.348 e. The van der Waals surface area contributed by atoms with Crippen molar-refractivity contribution >= 4 is 11.7 Å². The van der Waals surface area contributed by atoms with Gasteiger partial charge in [0, 0.05) is 18.8 Å². The number of H-pyrrole nitrogens is 2. The lowest BCUT2D eigenvalue weighted by Gasteiger charge is -2.27. The van der Waals surface area contributed by atoms with E-state index in [1.807, 2.05) is 4.68 Å². The van der Waals surface area contributed by atoms with E-state index >= 15 is 0 Å². The van der Waals surface area contributed by atoms with Crippen LogP contribution in [0.4, 0.5) is 5.82 Å². The molecule has 0 aromatic carbocycles. The number of carbonyl (C=O) groups excluding carboxylic acids is 1. The third-order valence-electron chi connectivity index (χ3n) is 4.75. The third kappa shape index (κ3) is 2.08. The molecule has 0 bridgehead atoms. The predicted octanol–water partition coefficient (Wildman–Crippen LogP) is 1.88. The number of rotatable bonds is 2. The van der Waals surface area contributed by atoms with Crippen molar-refractivity contribution in [2.45, 2.75) is 50.5 Å². The molecule has 2 aromatic heterocycles. The van der Waals surface area contributed by atoms with Crippen LogP contribution in [0.15, 0.2) is 17.2 Å². The SMILES string of the molecule is O=C1C[C@H](c2ncc[nH]2)c2c(n(C3CCCCC3)[nH]c2=O)N1. The Bertz CT molecular complexity index is 737. The number of aromatic amines is 2. The van der Waals surface area contributed by atoms with E-state index in [4.69, 9.17) is 0 Å². The van der Waals surface area contributed by atoms with Crippen molar-refractivity contribution in [2.24, 2.45) is 0 Å². The number of carbonyl (C=O) groups is 1. The van der Waals surface area contributed by atoms with Crippen molar-refractivity contribution in [3.8, 4) is 0 Å². The highest BCUT2D eigenvalue weighted by molar-refractivity contribution is 5.94. The smallest absolute Gasteiger partial charge is 0.270 e. The molecule has 7 nitrogen and oxygen atoms in total. The van der Waals surface area contributed by atoms with Crippen LogP contribution in [0.3, 0.4) is 0 Å². The van der Waals surface area contributed by atoms with Crippen LogP contribution in [0.2, 0.25) is 0 Å². The summed E-state index contributed by atoms with van der Waals surface area (Å²) in [5.41, 5.74) is 0.502. The Balaban J connectivity index is 1.81. The van der Waals surface area contributed by atoms with Gasteiger partial charge in [0.25, 0.3) is 5.56 Å². The molecule has 3 N–H and O–H groups in total. The van der Waals surface area contributed by atoms with Gasteiger partial charge >= 0.3 is 0 Å². The minimum atomic E-state index is -0.299. The molecule has 0 saturated heterocycles. The fourth-order valence-electron chi connectivity index (χ4n) is 3.70. The van der Waals surface area contributed by atoms with E-state index in [1.54, 1.807) is 12.4 Å². The fourth-order valence-corrected chi connectivity index (χ4v) is 3.70. The molecule has 22 heavy (non-hydrogen) atoms. The van der Waals surface area contributed by atoms with Crippen molar-refractivity contribution in [2.75, 3.05) is 5.32 Å². The Morgan fingerprint density at radius 2 is 2.00 bits per heavy atom. The zero-order valence-electron chi connectivity index (χ0n) is 12.3. The number of amides is 1. The number of aromatic nitrogens is 4. The summed E-state index contributed by atoms with van der Waals surface area (Å²) in [6.45, 7) is 0. The number of nitrogens with one attached hydrogen (secondary N) is 3. The van der Waals surface area contributed by atoms with Crippen LogP contribution in [0.5, 0.6) is 0 Å². The molecule has 0 unspecified atom stereocenters. The molecule has 3 heterocycles. The van der Waals surface area contributed by atoms with Gasteiger partial charge in [0.2, 0.25) is 5.91 Å². The van der Waals surface area contributed by atoms with Gasteiger partial charge in [0.1, 0.15) is 11.6 Å². The van der Waals surface area contributed by atoms with Gasteiger partial charge in [-0.2, -0.15) is 0 Å². The molecule has 0 radical (unpaired) electrons. The monoisotopic (exact) mass is 301 g/mol. The number of imidazole rings is 1. The zero-order valence-corrected chi connectivity index (χ0v) is 12.3. The molecular formula is C15H19N5O2. The Morgan fingerprint density at radius 1 is 1.18 bits per heavy atom. The van der Waals surface area contributed by atoms with Crippen molar-refractivity contribution in [3.63, 3.8) is 0 Å². The summed E-state index contributed by atoms with van der Waals surface area (Å²) in [7, 11) is 0. The van der Waals surface area contributed by atoms with Crippen LogP contribution < -0.4 is 10.9 Å². The highest BCUT2D eigenvalue weighted by Crippen LogP contribution is 2.37. The first-order valence-corrected chi connectivity index (χ1v) is 7.87. The van der Waals surface area contributed by atoms with Crippen molar-refractivity contribution in [1.82, 2.24) is 19.7 Å². The van der Waals surface area contributed by atoms with E-state index in [0.29, 0.717) is 17.2 Å². The zero-order chi connectivity index (χ0) is 15.1. The molecule has 1 fully saturated rings. The molecule has 2 aliphatic rings. The van der Waals surface area contributed by atoms with Crippen LogP contribution in [0.1, 0.15) is 61.9 Å². The average molecular weight is 301 g/mol. The van der Waals surface area contributed by atoms with E-state index in [9.17, 15) is 9.59 Å². The van der Waals surface area contributed by atoms with Crippen molar-refractivity contribution in [1.29, 1.82) is 0 Å². The van der Waals surface area contributed by atoms with Gasteiger partial charge in [-0.25, -0.2) is 4.98 Å². The lowest BCUT2D eigenvalue weighted by Crippen LogP contribution is -2.28. The van der Waals surface area contributed by atoms with Crippen LogP contribution in [0, 0.1) is 0 Å². The highest BCUT2D eigenvalue weighted by Gasteiger charge is 2.35. The maximum atomic E-state index is 12.5. The lowest BCUT2D eigenvalue weighted by atomic mass is 9.92. The summed E-state index contributed by atoms with van der Waals surface area (Å²) in [5.74, 6) is 0.933. The van der Waals surface area contributed by atoms with E-state index in [0.717, 1.165) is 25.7 Å². The summed E-state index contributed by atoms with van der Waals surface area (Å²) in [5, 5.41) is 5.83. The first-order valence-electron chi connectivity index (χ1n) is 7.87. The Hall–Kier alpha value is -2.31. The summed E-state index contributed by atoms with van der Waals surface area (Å²) >= 11 is 0. The van der Waals surface area contributed by atoms with Gasteiger partial charge in [-0.05, 0) is 12.8 Å². The van der Waals surface area contributed by atoms with Crippen LogP contribution in [-0.2, 0) is 4.79 Å². The molecule has 1 saturated carbocycles. The van der Waals surface area contributed by atoms with Gasteiger partial charge in [-0.15, -0.1) is 0 Å². The average Bonchev–Trinajstić information content (AvgIpc) is 3.16. The maximum Gasteiger partial charge on any atom is 0.270 e. The molecular weight excluding hydrogens is 282 g/mol. The molecule has 116 valence electrons. The van der Waals surface area contributed by atoms with Gasteiger partial charge in [0.15, 0.2) is 0 Å². The molecule has 7 heteroatoms. The summed E-state index contributed by atoms with van der Waals surface area (Å²) < 4.78 is 1.88. The molecule has 1 atom stereocenters. The number of hydrogen-bond acceptors (Lipinski definition) is 3. The molecule has 1 aliphatic carbocycles. The van der Waals surface area contributed by atoms with Crippen LogP contribution >= 0.6 is 0 Å². The fraction of sp³-hybridized carbons (Fsp3) is 0.533. The normalized spacial score (nSPS) is 22.4. The second-order valence-electron chi connectivity index (χ2n) is 6.14. The molecule has 1 aliphatic heterocycles. The lowest BCUT2D eigenvalue weighted by molar-refractivity contribution is -0.116. The predicted molar refractivity (Wildman–Crippen MR) is 80.9 cm³/mol. The first-order chi connectivity index (χ1) is 10.7. The quantitative estimate of drug-likeness (QED) is 0.790. The second kappa shape index (κ2) is 5.15. The minimum absolute atomic E-state index is 0.0718. The van der Waals surface area contributed by atoms with Crippen LogP contribution in [0.25, 0.3) is 0 Å². The van der Waals surface area contributed by atoms with E-state index in [2.05, 4.69) is 20.4 Å². The number of anilines is 1. The molecule has 2 aromatic rings. The highest BCUT2D eigenvalue weighted by atomic mass is 16.2. The Labute approximate surface area is 127 Å². The Kier molecular flexibility index (Phi) is 3.13. The number of hydrogen-bond donors (Lipinski definition) is 3. The van der Waals surface area contributed by atoms with Crippen LogP contribution in [-0.4, -0.2) is 25.7 Å². The molecule has 4 rings (SSSR count).